The molecule has 0 aromatic heterocycles. The maximum absolute atomic E-state index is 11.9. The van der Waals surface area contributed by atoms with Gasteiger partial charge in [0.2, 0.25) is 0 Å². The Hall–Kier alpha value is -0.770. The lowest BCUT2D eigenvalue weighted by Crippen LogP contribution is -2.50. The van der Waals surface area contributed by atoms with E-state index in [-0.39, 0.29) is 24.6 Å². The van der Waals surface area contributed by atoms with Gasteiger partial charge in [-0.3, -0.25) is 0 Å². The first-order valence-corrected chi connectivity index (χ1v) is 7.28. The van der Waals surface area contributed by atoms with Crippen LogP contribution < -0.4 is 10.6 Å². The first kappa shape index (κ1) is 13.7. The van der Waals surface area contributed by atoms with Crippen LogP contribution in [0.2, 0.25) is 0 Å². The van der Waals surface area contributed by atoms with E-state index in [4.69, 9.17) is 0 Å². The summed E-state index contributed by atoms with van der Waals surface area (Å²) in [6.07, 6.45) is 8.07. The molecular weight excluding hydrogens is 228 g/mol. The van der Waals surface area contributed by atoms with Crippen LogP contribution in [0.5, 0.6) is 0 Å². The molecule has 0 saturated heterocycles. The Morgan fingerprint density at radius 3 is 2.61 bits per heavy atom. The van der Waals surface area contributed by atoms with Crippen LogP contribution in [0.15, 0.2) is 0 Å². The van der Waals surface area contributed by atoms with E-state index in [1.165, 1.54) is 25.7 Å². The first-order chi connectivity index (χ1) is 8.63. The highest BCUT2D eigenvalue weighted by atomic mass is 16.3. The van der Waals surface area contributed by atoms with Gasteiger partial charge in [0.25, 0.3) is 0 Å². The highest BCUT2D eigenvalue weighted by Crippen LogP contribution is 2.39. The number of rotatable bonds is 4. The maximum Gasteiger partial charge on any atom is 0.315 e. The number of aliphatic hydroxyl groups is 1. The van der Waals surface area contributed by atoms with Gasteiger partial charge in [-0.15, -0.1) is 0 Å². The van der Waals surface area contributed by atoms with Gasteiger partial charge in [0.05, 0.1) is 0 Å². The molecule has 4 nitrogen and oxygen atoms in total. The first-order valence-electron chi connectivity index (χ1n) is 7.28. The summed E-state index contributed by atoms with van der Waals surface area (Å²) in [6, 6.07) is 0.0893. The number of hydrogen-bond donors (Lipinski definition) is 3. The zero-order valence-corrected chi connectivity index (χ0v) is 11.4. The van der Waals surface area contributed by atoms with E-state index in [0.717, 1.165) is 25.8 Å². The molecule has 2 saturated carbocycles. The Balaban J connectivity index is 1.72. The van der Waals surface area contributed by atoms with Crippen molar-refractivity contribution >= 4 is 6.03 Å². The minimum absolute atomic E-state index is 0.0616. The molecule has 0 aromatic carbocycles. The van der Waals surface area contributed by atoms with Gasteiger partial charge in [0.15, 0.2) is 0 Å². The fourth-order valence-electron chi connectivity index (χ4n) is 3.09. The standard InChI is InChI=1S/C14H26N2O2/c1-14(7-4-8-14)10-15-13(18)16-12-6-3-2-5-11(12)9-17/h11-12,17H,2-10H2,1H3,(H2,15,16,18). The summed E-state index contributed by atoms with van der Waals surface area (Å²) >= 11 is 0. The zero-order chi connectivity index (χ0) is 13.0. The number of nitrogens with one attached hydrogen (secondary N) is 2. The lowest BCUT2D eigenvalue weighted by atomic mass is 9.70. The predicted octanol–water partition coefficient (Wildman–Crippen LogP) is 2.03. The summed E-state index contributed by atoms with van der Waals surface area (Å²) in [4.78, 5) is 11.9. The van der Waals surface area contributed by atoms with Crippen molar-refractivity contribution in [2.45, 2.75) is 57.9 Å². The second-order valence-electron chi connectivity index (χ2n) is 6.32. The van der Waals surface area contributed by atoms with Crippen molar-refractivity contribution in [3.63, 3.8) is 0 Å². The summed E-state index contributed by atoms with van der Waals surface area (Å²) in [6.45, 7) is 3.19. The minimum Gasteiger partial charge on any atom is -0.396 e. The summed E-state index contributed by atoms with van der Waals surface area (Å²) in [5.74, 6) is 0.240. The number of hydrogen-bond acceptors (Lipinski definition) is 2. The number of urea groups is 1. The van der Waals surface area contributed by atoms with Gasteiger partial charge < -0.3 is 15.7 Å². The van der Waals surface area contributed by atoms with Crippen LogP contribution in [0.1, 0.15) is 51.9 Å². The molecule has 0 aliphatic heterocycles. The fraction of sp³-hybridized carbons (Fsp3) is 0.929. The predicted molar refractivity (Wildman–Crippen MR) is 71.3 cm³/mol. The minimum atomic E-state index is -0.0616. The Morgan fingerprint density at radius 1 is 1.28 bits per heavy atom. The van der Waals surface area contributed by atoms with E-state index in [9.17, 15) is 9.90 Å². The molecule has 0 aromatic rings. The second-order valence-corrected chi connectivity index (χ2v) is 6.32. The molecule has 3 N–H and O–H groups in total. The maximum atomic E-state index is 11.9. The van der Waals surface area contributed by atoms with E-state index in [2.05, 4.69) is 17.6 Å². The summed E-state index contributed by atoms with van der Waals surface area (Å²) in [5.41, 5.74) is 0.320. The highest BCUT2D eigenvalue weighted by molar-refractivity contribution is 5.74. The molecule has 0 spiro atoms. The average Bonchev–Trinajstić information content (AvgIpc) is 2.35. The third kappa shape index (κ3) is 3.37. The molecule has 0 radical (unpaired) electrons. The molecule has 18 heavy (non-hydrogen) atoms. The monoisotopic (exact) mass is 254 g/mol. The number of carbonyl (C=O) groups excluding carboxylic acids is 1. The van der Waals surface area contributed by atoms with Crippen molar-refractivity contribution in [2.75, 3.05) is 13.2 Å². The van der Waals surface area contributed by atoms with Crippen molar-refractivity contribution in [1.29, 1.82) is 0 Å². The van der Waals surface area contributed by atoms with E-state index >= 15 is 0 Å². The van der Waals surface area contributed by atoms with Crippen molar-refractivity contribution in [2.24, 2.45) is 11.3 Å². The molecular formula is C14H26N2O2. The van der Waals surface area contributed by atoms with Gasteiger partial charge in [-0.2, -0.15) is 0 Å². The van der Waals surface area contributed by atoms with Crippen LogP contribution in [-0.4, -0.2) is 30.3 Å². The molecule has 2 aliphatic carbocycles. The topological polar surface area (TPSA) is 61.4 Å². The summed E-state index contributed by atoms with van der Waals surface area (Å²) in [7, 11) is 0. The quantitative estimate of drug-likeness (QED) is 0.719. The lowest BCUT2D eigenvalue weighted by Gasteiger charge is -2.38. The largest absolute Gasteiger partial charge is 0.396 e. The van der Waals surface area contributed by atoms with Crippen molar-refractivity contribution in [1.82, 2.24) is 10.6 Å². The van der Waals surface area contributed by atoms with Crippen LogP contribution in [0.25, 0.3) is 0 Å². The highest BCUT2D eigenvalue weighted by Gasteiger charge is 2.32. The normalized spacial score (nSPS) is 30.3. The Morgan fingerprint density at radius 2 is 2.00 bits per heavy atom. The summed E-state index contributed by atoms with van der Waals surface area (Å²) < 4.78 is 0. The molecule has 2 aliphatic rings. The van der Waals surface area contributed by atoms with Gasteiger partial charge in [-0.05, 0) is 31.1 Å². The van der Waals surface area contributed by atoms with Crippen molar-refractivity contribution in [3.05, 3.63) is 0 Å². The van der Waals surface area contributed by atoms with Gasteiger partial charge >= 0.3 is 6.03 Å². The molecule has 0 heterocycles. The molecule has 0 bridgehead atoms. The molecule has 104 valence electrons. The van der Waals surface area contributed by atoms with Gasteiger partial charge in [-0.1, -0.05) is 26.2 Å². The lowest BCUT2D eigenvalue weighted by molar-refractivity contribution is 0.143. The summed E-state index contributed by atoms with van der Waals surface area (Å²) in [5, 5.41) is 15.3. The molecule has 2 unspecified atom stereocenters. The Kier molecular flexibility index (Phi) is 4.49. The number of carbonyl (C=O) groups is 1. The van der Waals surface area contributed by atoms with Crippen LogP contribution in [0.4, 0.5) is 4.79 Å². The average molecular weight is 254 g/mol. The van der Waals surface area contributed by atoms with Crippen LogP contribution in [0.3, 0.4) is 0 Å². The van der Waals surface area contributed by atoms with Crippen LogP contribution in [-0.2, 0) is 0 Å². The second kappa shape index (κ2) is 5.91. The van der Waals surface area contributed by atoms with E-state index in [0.29, 0.717) is 5.41 Å². The van der Waals surface area contributed by atoms with E-state index < -0.39 is 0 Å². The van der Waals surface area contributed by atoms with E-state index in [1.807, 2.05) is 0 Å². The zero-order valence-electron chi connectivity index (χ0n) is 11.4. The fourth-order valence-corrected chi connectivity index (χ4v) is 3.09. The Labute approximate surface area is 110 Å². The Bertz CT molecular complexity index is 290. The van der Waals surface area contributed by atoms with Crippen LogP contribution >= 0.6 is 0 Å². The van der Waals surface area contributed by atoms with Gasteiger partial charge in [-0.25, -0.2) is 4.79 Å². The van der Waals surface area contributed by atoms with Crippen LogP contribution in [0, 0.1) is 11.3 Å². The third-order valence-electron chi connectivity index (χ3n) is 4.70. The van der Waals surface area contributed by atoms with Gasteiger partial charge in [0.1, 0.15) is 0 Å². The van der Waals surface area contributed by atoms with Crippen molar-refractivity contribution in [3.8, 4) is 0 Å². The molecule has 2 fully saturated rings. The number of amides is 2. The third-order valence-corrected chi connectivity index (χ3v) is 4.70. The molecule has 2 amide bonds. The molecule has 2 atom stereocenters. The molecule has 2 rings (SSSR count). The van der Waals surface area contributed by atoms with E-state index in [1.54, 1.807) is 0 Å². The smallest absolute Gasteiger partial charge is 0.315 e. The van der Waals surface area contributed by atoms with Crippen molar-refractivity contribution < 1.29 is 9.90 Å². The molecule has 4 heteroatoms. The van der Waals surface area contributed by atoms with Gasteiger partial charge in [0, 0.05) is 25.1 Å². The SMILES string of the molecule is CC1(CNC(=O)NC2CCCCC2CO)CCC1. The number of aliphatic hydroxyl groups excluding tert-OH is 1.